The summed E-state index contributed by atoms with van der Waals surface area (Å²) in [6, 6.07) is 17.8. The predicted octanol–water partition coefficient (Wildman–Crippen LogP) is 5.47. The second-order valence-corrected chi connectivity index (χ2v) is 9.96. The van der Waals surface area contributed by atoms with Gasteiger partial charge in [-0.05, 0) is 30.5 Å². The van der Waals surface area contributed by atoms with Crippen molar-refractivity contribution < 1.29 is 24.2 Å². The molecule has 5 nitrogen and oxygen atoms in total. The van der Waals surface area contributed by atoms with Crippen molar-refractivity contribution in [2.24, 2.45) is 0 Å². The highest BCUT2D eigenvalue weighted by molar-refractivity contribution is 5.85. The van der Waals surface area contributed by atoms with Crippen molar-refractivity contribution in [3.05, 3.63) is 66.2 Å². The molecule has 0 aliphatic rings. The van der Waals surface area contributed by atoms with Gasteiger partial charge in [-0.1, -0.05) is 107 Å². The number of rotatable bonds is 17. The van der Waals surface area contributed by atoms with Crippen LogP contribution in [0.4, 0.5) is 0 Å². The molecule has 2 aromatic rings. The van der Waals surface area contributed by atoms with Crippen LogP contribution in [0.1, 0.15) is 81.5 Å². The highest BCUT2D eigenvalue weighted by Gasteiger charge is 2.20. The number of carboxylic acid groups (broad SMARTS) is 1. The molecular formula is C30H47NO4. The fourth-order valence-corrected chi connectivity index (χ4v) is 4.03. The van der Waals surface area contributed by atoms with Crippen LogP contribution in [0.5, 0.6) is 5.75 Å². The highest BCUT2D eigenvalue weighted by atomic mass is 16.5. The smallest absolute Gasteiger partial charge is 0.137 e. The van der Waals surface area contributed by atoms with Gasteiger partial charge < -0.3 is 24.2 Å². The van der Waals surface area contributed by atoms with Crippen LogP contribution < -0.4 is 9.84 Å². The molecule has 0 fully saturated rings. The number of carbonyl (C=O) groups is 1. The quantitative estimate of drug-likeness (QED) is 0.238. The molecule has 5 heteroatoms. The number of carbonyl (C=O) groups excluding carboxylic acids is 1. The molecule has 0 radical (unpaired) electrons. The van der Waals surface area contributed by atoms with Gasteiger partial charge in [-0.15, -0.1) is 0 Å². The van der Waals surface area contributed by atoms with Gasteiger partial charge in [0.2, 0.25) is 0 Å². The van der Waals surface area contributed by atoms with Gasteiger partial charge >= 0.3 is 0 Å². The number of aliphatic hydroxyl groups is 1. The Morgan fingerprint density at radius 2 is 1.31 bits per heavy atom. The third kappa shape index (κ3) is 16.8. The Bertz CT molecular complexity index is 764. The van der Waals surface area contributed by atoms with E-state index in [0.717, 1.165) is 23.3 Å². The van der Waals surface area contributed by atoms with Crippen LogP contribution in [0, 0.1) is 0 Å². The molecule has 0 aliphatic heterocycles. The Kier molecular flexibility index (Phi) is 16.6. The van der Waals surface area contributed by atoms with Gasteiger partial charge in [0.1, 0.15) is 25.0 Å². The van der Waals surface area contributed by atoms with E-state index in [1.54, 1.807) is 18.2 Å². The zero-order chi connectivity index (χ0) is 25.8. The first kappa shape index (κ1) is 30.7. The molecule has 1 atom stereocenters. The Hall–Kier alpha value is -2.37. The van der Waals surface area contributed by atoms with Crippen LogP contribution in [-0.4, -0.2) is 55.5 Å². The first-order valence-electron chi connectivity index (χ1n) is 13.3. The van der Waals surface area contributed by atoms with Gasteiger partial charge in [0.15, 0.2) is 0 Å². The summed E-state index contributed by atoms with van der Waals surface area (Å²) in [7, 11) is 4.42. The zero-order valence-corrected chi connectivity index (χ0v) is 22.2. The largest absolute Gasteiger partial charge is 0.545 e. The number of aromatic carboxylic acids is 1. The van der Waals surface area contributed by atoms with E-state index in [1.807, 2.05) is 30.3 Å². The molecule has 1 N–H and O–H groups in total. The van der Waals surface area contributed by atoms with Gasteiger partial charge in [-0.3, -0.25) is 0 Å². The number of likely N-dealkylation sites (N-methyl/N-ethyl adjacent to an activating group) is 1. The second kappa shape index (κ2) is 18.9. The molecule has 1 unspecified atom stereocenters. The zero-order valence-electron chi connectivity index (χ0n) is 22.2. The van der Waals surface area contributed by atoms with E-state index in [9.17, 15) is 15.0 Å². The second-order valence-electron chi connectivity index (χ2n) is 9.96. The molecule has 0 bridgehead atoms. The number of unbranched alkanes of at least 4 members (excludes halogenated alkanes) is 9. The summed E-state index contributed by atoms with van der Waals surface area (Å²) < 4.78 is 6.52. The van der Waals surface area contributed by atoms with Gasteiger partial charge in [0.05, 0.1) is 26.6 Å². The van der Waals surface area contributed by atoms with Crippen molar-refractivity contribution in [1.82, 2.24) is 0 Å². The Morgan fingerprint density at radius 3 is 1.80 bits per heavy atom. The van der Waals surface area contributed by atoms with Crippen molar-refractivity contribution in [2.75, 3.05) is 33.8 Å². The van der Waals surface area contributed by atoms with Gasteiger partial charge in [0, 0.05) is 0 Å². The van der Waals surface area contributed by atoms with E-state index < -0.39 is 12.1 Å². The average molecular weight is 486 g/mol. The summed E-state index contributed by atoms with van der Waals surface area (Å²) in [5.41, 5.74) is 0.220. The number of benzene rings is 2. The summed E-state index contributed by atoms with van der Waals surface area (Å²) in [6.45, 7) is 4.50. The lowest BCUT2D eigenvalue weighted by Crippen LogP contribution is -2.47. The van der Waals surface area contributed by atoms with E-state index in [1.165, 1.54) is 76.3 Å². The molecule has 0 spiro atoms. The minimum absolute atomic E-state index is 0.220. The Labute approximate surface area is 213 Å². The van der Waals surface area contributed by atoms with Crippen molar-refractivity contribution in [3.63, 3.8) is 0 Å². The molecule has 2 rings (SSSR count). The predicted molar refractivity (Wildman–Crippen MR) is 142 cm³/mol. The number of hydrogen-bond acceptors (Lipinski definition) is 4. The van der Waals surface area contributed by atoms with Crippen LogP contribution in [0.2, 0.25) is 0 Å². The summed E-state index contributed by atoms with van der Waals surface area (Å²) in [4.78, 5) is 10.1. The number of quaternary nitrogens is 1. The Balaban J connectivity index is 0.000000566. The molecule has 0 aromatic heterocycles. The minimum atomic E-state index is -1.13. The van der Waals surface area contributed by atoms with Crippen LogP contribution in [0.25, 0.3) is 0 Å². The summed E-state index contributed by atoms with van der Waals surface area (Å²) in [5.74, 6) is -0.304. The molecule has 35 heavy (non-hydrogen) atoms. The summed E-state index contributed by atoms with van der Waals surface area (Å²) in [5, 5.41) is 20.4. The lowest BCUT2D eigenvalue weighted by atomic mass is 10.1. The van der Waals surface area contributed by atoms with Crippen LogP contribution in [-0.2, 0) is 0 Å². The van der Waals surface area contributed by atoms with Gasteiger partial charge in [0.25, 0.3) is 0 Å². The molecule has 0 saturated heterocycles. The SMILES string of the molecule is CCCCCCCCCCCC[N+](C)(C)CC(O)COc1ccccc1.O=C([O-])c1ccccc1. The number of carboxylic acids is 1. The van der Waals surface area contributed by atoms with Crippen LogP contribution in [0.3, 0.4) is 0 Å². The first-order valence-corrected chi connectivity index (χ1v) is 13.3. The first-order chi connectivity index (χ1) is 16.8. The molecule has 0 amide bonds. The normalized spacial score (nSPS) is 11.9. The maximum atomic E-state index is 10.3. The number of ether oxygens (including phenoxy) is 1. The Morgan fingerprint density at radius 1 is 0.829 bits per heavy atom. The molecular weight excluding hydrogens is 438 g/mol. The molecule has 0 heterocycles. The van der Waals surface area contributed by atoms with Crippen molar-refractivity contribution in [3.8, 4) is 5.75 Å². The van der Waals surface area contributed by atoms with E-state index in [2.05, 4.69) is 21.0 Å². The van der Waals surface area contributed by atoms with Crippen molar-refractivity contribution >= 4 is 5.97 Å². The maximum Gasteiger partial charge on any atom is 0.137 e. The van der Waals surface area contributed by atoms with Gasteiger partial charge in [-0.2, -0.15) is 0 Å². The molecule has 2 aromatic carbocycles. The van der Waals surface area contributed by atoms with Crippen molar-refractivity contribution in [1.29, 1.82) is 0 Å². The number of para-hydroxylation sites is 1. The van der Waals surface area contributed by atoms with E-state index in [0.29, 0.717) is 6.61 Å². The standard InChI is InChI=1S/C23H42NO2.C7H6O2/c1-4-5-6-7-8-9-10-11-12-16-19-24(2,3)20-22(25)21-26-23-17-14-13-15-18-23;8-7(9)6-4-2-1-3-5-6/h13-15,17-18,22,25H,4-12,16,19-21H2,1-3H3;1-5H,(H,8,9)/q+1;/p-1. The van der Waals surface area contributed by atoms with Crippen molar-refractivity contribution in [2.45, 2.75) is 77.2 Å². The number of aliphatic hydroxyl groups excluding tert-OH is 1. The molecule has 0 saturated carbocycles. The number of nitrogens with zero attached hydrogens (tertiary/aromatic N) is 1. The van der Waals surface area contributed by atoms with Gasteiger partial charge in [-0.25, -0.2) is 0 Å². The third-order valence-electron chi connectivity index (χ3n) is 6.02. The van der Waals surface area contributed by atoms with Crippen LogP contribution >= 0.6 is 0 Å². The van der Waals surface area contributed by atoms with E-state index in [-0.39, 0.29) is 5.56 Å². The lowest BCUT2D eigenvalue weighted by Gasteiger charge is -2.31. The van der Waals surface area contributed by atoms with Crippen LogP contribution in [0.15, 0.2) is 60.7 Å². The minimum Gasteiger partial charge on any atom is -0.545 e. The summed E-state index contributed by atoms with van der Waals surface area (Å²) in [6.07, 6.45) is 13.2. The fourth-order valence-electron chi connectivity index (χ4n) is 4.03. The lowest BCUT2D eigenvalue weighted by molar-refractivity contribution is -0.893. The topological polar surface area (TPSA) is 69.6 Å². The third-order valence-corrected chi connectivity index (χ3v) is 6.02. The van der Waals surface area contributed by atoms with E-state index >= 15 is 0 Å². The summed E-state index contributed by atoms with van der Waals surface area (Å²) >= 11 is 0. The highest BCUT2D eigenvalue weighted by Crippen LogP contribution is 2.13. The fraction of sp³-hybridized carbons (Fsp3) is 0.567. The maximum absolute atomic E-state index is 10.3. The average Bonchev–Trinajstić information content (AvgIpc) is 2.85. The van der Waals surface area contributed by atoms with E-state index in [4.69, 9.17) is 4.74 Å². The molecule has 0 aliphatic carbocycles. The monoisotopic (exact) mass is 485 g/mol. The number of hydrogen-bond donors (Lipinski definition) is 1. The molecule has 196 valence electrons.